The molecule has 2 N–H and O–H groups in total. The smallest absolute Gasteiger partial charge is 0.282 e. The Labute approximate surface area is 92.4 Å². The Kier molecular flexibility index (Phi) is 4.98. The first-order chi connectivity index (χ1) is 7.12. The SMILES string of the molecule is CCCCN1CCN(CCCN)S1(=O)=O. The number of hydrogen-bond donors (Lipinski definition) is 1. The van der Waals surface area contributed by atoms with Crippen LogP contribution in [0, 0.1) is 0 Å². The molecule has 5 nitrogen and oxygen atoms in total. The maximum Gasteiger partial charge on any atom is 0.282 e. The van der Waals surface area contributed by atoms with Crippen molar-refractivity contribution < 1.29 is 8.42 Å². The fraction of sp³-hybridized carbons (Fsp3) is 1.00. The molecular weight excluding hydrogens is 214 g/mol. The molecule has 1 heterocycles. The molecule has 0 radical (unpaired) electrons. The highest BCUT2D eigenvalue weighted by Crippen LogP contribution is 2.16. The van der Waals surface area contributed by atoms with E-state index in [1.807, 2.05) is 0 Å². The fourth-order valence-corrected chi connectivity index (χ4v) is 3.34. The van der Waals surface area contributed by atoms with Gasteiger partial charge in [-0.1, -0.05) is 13.3 Å². The summed E-state index contributed by atoms with van der Waals surface area (Å²) in [5, 5.41) is 0. The molecule has 0 unspecified atom stereocenters. The summed E-state index contributed by atoms with van der Waals surface area (Å²) >= 11 is 0. The van der Waals surface area contributed by atoms with E-state index in [2.05, 4.69) is 6.92 Å². The van der Waals surface area contributed by atoms with Crippen molar-refractivity contribution in [3.8, 4) is 0 Å². The van der Waals surface area contributed by atoms with E-state index in [0.717, 1.165) is 19.3 Å². The Balaban J connectivity index is 2.51. The van der Waals surface area contributed by atoms with Crippen LogP contribution in [0.25, 0.3) is 0 Å². The highest BCUT2D eigenvalue weighted by Gasteiger charge is 2.35. The summed E-state index contributed by atoms with van der Waals surface area (Å²) in [6, 6.07) is 0. The zero-order valence-corrected chi connectivity index (χ0v) is 10.2. The van der Waals surface area contributed by atoms with Gasteiger partial charge < -0.3 is 5.73 Å². The Morgan fingerprint density at radius 2 is 1.67 bits per heavy atom. The molecule has 6 heteroatoms. The number of nitrogens with zero attached hydrogens (tertiary/aromatic N) is 2. The molecule has 0 aromatic rings. The summed E-state index contributed by atoms with van der Waals surface area (Å²) in [5.41, 5.74) is 5.37. The molecule has 90 valence electrons. The monoisotopic (exact) mass is 235 g/mol. The zero-order valence-electron chi connectivity index (χ0n) is 9.35. The van der Waals surface area contributed by atoms with Gasteiger partial charge in [0.05, 0.1) is 0 Å². The average molecular weight is 235 g/mol. The first-order valence-electron chi connectivity index (χ1n) is 5.58. The minimum Gasteiger partial charge on any atom is -0.330 e. The van der Waals surface area contributed by atoms with E-state index < -0.39 is 10.2 Å². The first-order valence-corrected chi connectivity index (χ1v) is 6.98. The van der Waals surface area contributed by atoms with Crippen LogP contribution in [0.5, 0.6) is 0 Å². The van der Waals surface area contributed by atoms with E-state index in [1.54, 1.807) is 4.31 Å². The molecule has 0 atom stereocenters. The van der Waals surface area contributed by atoms with Crippen LogP contribution in [0.2, 0.25) is 0 Å². The Hall–Kier alpha value is -0.170. The molecule has 15 heavy (non-hydrogen) atoms. The third-order valence-electron chi connectivity index (χ3n) is 2.62. The molecule has 0 amide bonds. The Bertz CT molecular complexity index is 257. The van der Waals surface area contributed by atoms with Crippen molar-refractivity contribution in [2.24, 2.45) is 5.73 Å². The molecule has 1 aliphatic rings. The second-order valence-electron chi connectivity index (χ2n) is 3.80. The van der Waals surface area contributed by atoms with Crippen LogP contribution in [0.1, 0.15) is 26.2 Å². The van der Waals surface area contributed by atoms with E-state index in [-0.39, 0.29) is 0 Å². The normalized spacial score (nSPS) is 22.3. The van der Waals surface area contributed by atoms with Gasteiger partial charge >= 0.3 is 0 Å². The quantitative estimate of drug-likeness (QED) is 0.704. The van der Waals surface area contributed by atoms with Crippen molar-refractivity contribution in [2.45, 2.75) is 26.2 Å². The van der Waals surface area contributed by atoms with Crippen molar-refractivity contribution in [2.75, 3.05) is 32.7 Å². The summed E-state index contributed by atoms with van der Waals surface area (Å²) in [6.07, 6.45) is 2.69. The zero-order chi connectivity index (χ0) is 11.3. The standard InChI is InChI=1S/C9H21N3O2S/c1-2-3-6-11-8-9-12(7-4-5-10)15(11,13)14/h2-10H2,1H3. The van der Waals surface area contributed by atoms with Gasteiger partial charge in [-0.25, -0.2) is 0 Å². The van der Waals surface area contributed by atoms with Gasteiger partial charge in [0.25, 0.3) is 10.2 Å². The molecule has 0 saturated carbocycles. The number of nitrogens with two attached hydrogens (primary N) is 1. The number of unbranched alkanes of at least 4 members (excludes halogenated alkanes) is 1. The van der Waals surface area contributed by atoms with Gasteiger partial charge in [-0.3, -0.25) is 0 Å². The van der Waals surface area contributed by atoms with Crippen LogP contribution in [0.15, 0.2) is 0 Å². The predicted molar refractivity (Wildman–Crippen MR) is 60.6 cm³/mol. The maximum atomic E-state index is 11.9. The Morgan fingerprint density at radius 1 is 1.13 bits per heavy atom. The Morgan fingerprint density at radius 3 is 2.13 bits per heavy atom. The topological polar surface area (TPSA) is 66.6 Å². The van der Waals surface area contributed by atoms with Crippen LogP contribution in [-0.2, 0) is 10.2 Å². The molecule has 1 rings (SSSR count). The predicted octanol–water partition coefficient (Wildman–Crippen LogP) is -0.00230. The lowest BCUT2D eigenvalue weighted by molar-refractivity contribution is 0.434. The third kappa shape index (κ3) is 3.14. The van der Waals surface area contributed by atoms with Gasteiger partial charge in [-0.15, -0.1) is 0 Å². The van der Waals surface area contributed by atoms with Gasteiger partial charge in [0.2, 0.25) is 0 Å². The number of hydrogen-bond acceptors (Lipinski definition) is 3. The lowest BCUT2D eigenvalue weighted by Crippen LogP contribution is -2.34. The molecular formula is C9H21N3O2S. The van der Waals surface area contributed by atoms with Crippen molar-refractivity contribution in [1.82, 2.24) is 8.61 Å². The van der Waals surface area contributed by atoms with E-state index in [4.69, 9.17) is 5.73 Å². The van der Waals surface area contributed by atoms with Crippen molar-refractivity contribution in [3.63, 3.8) is 0 Å². The largest absolute Gasteiger partial charge is 0.330 e. The minimum absolute atomic E-state index is 0.543. The molecule has 0 aromatic carbocycles. The lowest BCUT2D eigenvalue weighted by Gasteiger charge is -2.17. The van der Waals surface area contributed by atoms with E-state index in [0.29, 0.717) is 32.7 Å². The molecule has 1 aliphatic heterocycles. The molecule has 1 fully saturated rings. The van der Waals surface area contributed by atoms with E-state index in [1.165, 1.54) is 4.31 Å². The van der Waals surface area contributed by atoms with Gasteiger partial charge in [0.1, 0.15) is 0 Å². The summed E-state index contributed by atoms with van der Waals surface area (Å²) in [5.74, 6) is 0. The third-order valence-corrected chi connectivity index (χ3v) is 4.66. The summed E-state index contributed by atoms with van der Waals surface area (Å²) < 4.78 is 26.9. The minimum atomic E-state index is -3.16. The second-order valence-corrected chi connectivity index (χ2v) is 5.73. The molecule has 0 bridgehead atoms. The van der Waals surface area contributed by atoms with Gasteiger partial charge in [0, 0.05) is 26.2 Å². The fourth-order valence-electron chi connectivity index (χ4n) is 1.67. The van der Waals surface area contributed by atoms with Crippen LogP contribution in [0.3, 0.4) is 0 Å². The van der Waals surface area contributed by atoms with Crippen LogP contribution in [-0.4, -0.2) is 49.8 Å². The molecule has 0 aliphatic carbocycles. The lowest BCUT2D eigenvalue weighted by atomic mass is 10.3. The summed E-state index contributed by atoms with van der Waals surface area (Å²) in [7, 11) is -3.16. The average Bonchev–Trinajstić information content (AvgIpc) is 2.48. The van der Waals surface area contributed by atoms with Gasteiger partial charge in [-0.2, -0.15) is 17.0 Å². The highest BCUT2D eigenvalue weighted by molar-refractivity contribution is 7.87. The maximum absolute atomic E-state index is 11.9. The molecule has 0 spiro atoms. The summed E-state index contributed by atoms with van der Waals surface area (Å²) in [4.78, 5) is 0. The van der Waals surface area contributed by atoms with Gasteiger partial charge in [-0.05, 0) is 19.4 Å². The number of rotatable bonds is 6. The van der Waals surface area contributed by atoms with Crippen molar-refractivity contribution >= 4 is 10.2 Å². The van der Waals surface area contributed by atoms with Crippen molar-refractivity contribution in [1.29, 1.82) is 0 Å². The van der Waals surface area contributed by atoms with Crippen LogP contribution < -0.4 is 5.73 Å². The molecule has 0 aromatic heterocycles. The van der Waals surface area contributed by atoms with E-state index in [9.17, 15) is 8.42 Å². The first kappa shape index (κ1) is 12.9. The van der Waals surface area contributed by atoms with E-state index >= 15 is 0 Å². The van der Waals surface area contributed by atoms with Gasteiger partial charge in [0.15, 0.2) is 0 Å². The second kappa shape index (κ2) is 5.79. The molecule has 1 saturated heterocycles. The van der Waals surface area contributed by atoms with Crippen LogP contribution in [0.4, 0.5) is 0 Å². The summed E-state index contributed by atoms with van der Waals surface area (Å²) in [6.45, 7) is 5.06. The van der Waals surface area contributed by atoms with Crippen LogP contribution >= 0.6 is 0 Å². The van der Waals surface area contributed by atoms with Crippen molar-refractivity contribution in [3.05, 3.63) is 0 Å². The highest BCUT2D eigenvalue weighted by atomic mass is 32.2.